The predicted molar refractivity (Wildman–Crippen MR) is 95.4 cm³/mol. The number of hydrogen-bond acceptors (Lipinski definition) is 3. The van der Waals surface area contributed by atoms with Crippen molar-refractivity contribution in [2.75, 3.05) is 0 Å². The molecule has 0 spiro atoms. The Balaban J connectivity index is 1.89. The van der Waals surface area contributed by atoms with Crippen molar-refractivity contribution in [3.05, 3.63) is 95.1 Å². The summed E-state index contributed by atoms with van der Waals surface area (Å²) >= 11 is 5.86. The summed E-state index contributed by atoms with van der Waals surface area (Å²) in [6.07, 6.45) is 1.61. The van der Waals surface area contributed by atoms with E-state index in [-0.39, 0.29) is 17.0 Å². The van der Waals surface area contributed by atoms with E-state index < -0.39 is 10.0 Å². The van der Waals surface area contributed by atoms with Gasteiger partial charge in [0.15, 0.2) is 5.49 Å². The van der Waals surface area contributed by atoms with Crippen LogP contribution in [0, 0.1) is 0 Å². The highest BCUT2D eigenvalue weighted by Crippen LogP contribution is 2.11. The van der Waals surface area contributed by atoms with E-state index in [0.29, 0.717) is 5.02 Å². The minimum atomic E-state index is -3.82. The average molecular weight is 375 g/mol. The van der Waals surface area contributed by atoms with Gasteiger partial charge in [-0.1, -0.05) is 48.0 Å². The van der Waals surface area contributed by atoms with Gasteiger partial charge in [0.1, 0.15) is 6.61 Å². The summed E-state index contributed by atoms with van der Waals surface area (Å²) in [7, 11) is -3.82. The molecule has 0 saturated heterocycles. The SMILES string of the molecule is O=S(=O)(/N=c1/ccccn1OCc1ccc(Cl)cc1)c1ccccc1. The van der Waals surface area contributed by atoms with Crippen molar-refractivity contribution in [1.29, 1.82) is 0 Å². The molecule has 0 radical (unpaired) electrons. The van der Waals surface area contributed by atoms with Crippen molar-refractivity contribution < 1.29 is 13.3 Å². The molecule has 0 aliphatic heterocycles. The van der Waals surface area contributed by atoms with Crippen LogP contribution in [-0.2, 0) is 16.6 Å². The molecule has 0 unspecified atom stereocenters. The monoisotopic (exact) mass is 374 g/mol. The molecule has 0 N–H and O–H groups in total. The van der Waals surface area contributed by atoms with Gasteiger partial charge in [-0.05, 0) is 42.0 Å². The number of rotatable bonds is 5. The second-order valence-corrected chi connectivity index (χ2v) is 7.20. The zero-order chi connectivity index (χ0) is 17.7. The highest BCUT2D eigenvalue weighted by atomic mass is 35.5. The maximum absolute atomic E-state index is 12.4. The average Bonchev–Trinajstić information content (AvgIpc) is 2.63. The van der Waals surface area contributed by atoms with Crippen LogP contribution in [0.3, 0.4) is 0 Å². The lowest BCUT2D eigenvalue weighted by Crippen LogP contribution is -2.27. The van der Waals surface area contributed by atoms with E-state index in [9.17, 15) is 8.42 Å². The van der Waals surface area contributed by atoms with Gasteiger partial charge in [-0.3, -0.25) is 0 Å². The summed E-state index contributed by atoms with van der Waals surface area (Å²) < 4.78 is 30.0. The summed E-state index contributed by atoms with van der Waals surface area (Å²) in [6.45, 7) is 0.250. The van der Waals surface area contributed by atoms with Crippen molar-refractivity contribution in [1.82, 2.24) is 4.73 Å². The summed E-state index contributed by atoms with van der Waals surface area (Å²) in [5.74, 6) is 0. The Bertz CT molecular complexity index is 1010. The van der Waals surface area contributed by atoms with Gasteiger partial charge in [0.05, 0.1) is 4.90 Å². The fourth-order valence-electron chi connectivity index (χ4n) is 2.09. The maximum atomic E-state index is 12.4. The predicted octanol–water partition coefficient (Wildman–Crippen LogP) is 3.06. The highest BCUT2D eigenvalue weighted by molar-refractivity contribution is 7.90. The molecule has 1 aromatic heterocycles. The van der Waals surface area contributed by atoms with E-state index in [0.717, 1.165) is 5.56 Å². The van der Waals surface area contributed by atoms with Crippen molar-refractivity contribution in [2.45, 2.75) is 11.5 Å². The van der Waals surface area contributed by atoms with Crippen LogP contribution in [0.25, 0.3) is 0 Å². The number of aromatic nitrogens is 1. The van der Waals surface area contributed by atoms with Gasteiger partial charge in [0.25, 0.3) is 10.0 Å². The van der Waals surface area contributed by atoms with Gasteiger partial charge < -0.3 is 4.84 Å². The molecule has 0 fully saturated rings. The molecule has 128 valence electrons. The molecule has 3 aromatic rings. The molecule has 0 saturated carbocycles. The van der Waals surface area contributed by atoms with Gasteiger partial charge in [0.2, 0.25) is 0 Å². The lowest BCUT2D eigenvalue weighted by molar-refractivity contribution is 0.0877. The Morgan fingerprint density at radius 2 is 1.60 bits per heavy atom. The molecule has 25 heavy (non-hydrogen) atoms. The van der Waals surface area contributed by atoms with Crippen LogP contribution in [0.1, 0.15) is 5.56 Å². The minimum absolute atomic E-state index is 0.128. The largest absolute Gasteiger partial charge is 0.408 e. The van der Waals surface area contributed by atoms with Crippen molar-refractivity contribution in [3.8, 4) is 0 Å². The molecule has 0 atom stereocenters. The quantitative estimate of drug-likeness (QED) is 0.689. The maximum Gasteiger partial charge on any atom is 0.284 e. The first-order chi connectivity index (χ1) is 12.0. The first-order valence-electron chi connectivity index (χ1n) is 7.46. The van der Waals surface area contributed by atoms with Gasteiger partial charge in [0, 0.05) is 11.2 Å². The lowest BCUT2D eigenvalue weighted by Gasteiger charge is -2.09. The molecular weight excluding hydrogens is 360 g/mol. The third-order valence-corrected chi connectivity index (χ3v) is 4.89. The van der Waals surface area contributed by atoms with Crippen LogP contribution in [0.5, 0.6) is 0 Å². The van der Waals surface area contributed by atoms with E-state index in [1.165, 1.54) is 16.9 Å². The minimum Gasteiger partial charge on any atom is -0.408 e. The molecule has 0 amide bonds. The molecule has 2 aromatic carbocycles. The van der Waals surface area contributed by atoms with E-state index in [1.54, 1.807) is 54.7 Å². The van der Waals surface area contributed by atoms with E-state index >= 15 is 0 Å². The van der Waals surface area contributed by atoms with Crippen LogP contribution in [0.4, 0.5) is 0 Å². The van der Waals surface area contributed by atoms with Crippen molar-refractivity contribution in [2.24, 2.45) is 4.40 Å². The number of sulfonamides is 1. The summed E-state index contributed by atoms with van der Waals surface area (Å²) in [6, 6.07) is 20.3. The van der Waals surface area contributed by atoms with Crippen LogP contribution in [0.2, 0.25) is 5.02 Å². The molecule has 3 rings (SSSR count). The van der Waals surface area contributed by atoms with Crippen LogP contribution < -0.4 is 10.3 Å². The first-order valence-corrected chi connectivity index (χ1v) is 9.28. The molecule has 5 nitrogen and oxygen atoms in total. The van der Waals surface area contributed by atoms with Gasteiger partial charge >= 0.3 is 0 Å². The van der Waals surface area contributed by atoms with E-state index in [1.807, 2.05) is 12.1 Å². The van der Waals surface area contributed by atoms with Crippen LogP contribution >= 0.6 is 11.6 Å². The fourth-order valence-corrected chi connectivity index (χ4v) is 3.21. The third-order valence-electron chi connectivity index (χ3n) is 3.34. The highest BCUT2D eigenvalue weighted by Gasteiger charge is 2.11. The number of nitrogens with zero attached hydrogens (tertiary/aromatic N) is 2. The third kappa shape index (κ3) is 4.49. The molecule has 0 aliphatic carbocycles. The second kappa shape index (κ2) is 7.55. The topological polar surface area (TPSA) is 60.7 Å². The van der Waals surface area contributed by atoms with Crippen molar-refractivity contribution >= 4 is 21.6 Å². The Morgan fingerprint density at radius 1 is 0.920 bits per heavy atom. The van der Waals surface area contributed by atoms with Crippen LogP contribution in [0.15, 0.2) is 88.3 Å². The summed E-state index contributed by atoms with van der Waals surface area (Å²) in [5.41, 5.74) is 1.08. The van der Waals surface area contributed by atoms with Gasteiger partial charge in [-0.15, -0.1) is 4.40 Å². The Labute approximate surface area is 150 Å². The number of benzene rings is 2. The molecule has 7 heteroatoms. The normalized spacial score (nSPS) is 12.1. The van der Waals surface area contributed by atoms with E-state index in [4.69, 9.17) is 16.4 Å². The smallest absolute Gasteiger partial charge is 0.284 e. The standard InChI is InChI=1S/C18H15ClN2O3S/c19-16-11-9-15(10-12-16)14-24-21-13-5-4-8-18(21)20-25(22,23)17-6-2-1-3-7-17/h1-13H,14H2/b20-18-. The Hall–Kier alpha value is -2.57. The molecular formula is C18H15ClN2O3S. The van der Waals surface area contributed by atoms with Crippen molar-refractivity contribution in [3.63, 3.8) is 0 Å². The van der Waals surface area contributed by atoms with Gasteiger partial charge in [-0.25, -0.2) is 0 Å². The number of halogens is 1. The zero-order valence-electron chi connectivity index (χ0n) is 13.1. The molecule has 0 aliphatic rings. The fraction of sp³-hybridized carbons (Fsp3) is 0.0556. The Morgan fingerprint density at radius 3 is 2.32 bits per heavy atom. The number of pyridine rings is 1. The zero-order valence-corrected chi connectivity index (χ0v) is 14.7. The molecule has 1 heterocycles. The van der Waals surface area contributed by atoms with Gasteiger partial charge in [-0.2, -0.15) is 13.1 Å². The first kappa shape index (κ1) is 17.3. The summed E-state index contributed by atoms with van der Waals surface area (Å²) in [5, 5.41) is 0.640. The lowest BCUT2D eigenvalue weighted by atomic mass is 10.2. The summed E-state index contributed by atoms with van der Waals surface area (Å²) in [4.78, 5) is 5.79. The second-order valence-electron chi connectivity index (χ2n) is 5.16. The Kier molecular flexibility index (Phi) is 5.21. The number of hydrogen-bond donors (Lipinski definition) is 0. The van der Waals surface area contributed by atoms with Crippen LogP contribution in [-0.4, -0.2) is 13.1 Å². The van der Waals surface area contributed by atoms with E-state index in [2.05, 4.69) is 4.40 Å². The molecule has 0 bridgehead atoms.